The molecule has 1 aliphatic rings. The molecule has 5 heteroatoms. The topological polar surface area (TPSA) is 54.5 Å². The van der Waals surface area contributed by atoms with E-state index in [1.165, 1.54) is 0 Å². The zero-order valence-electron chi connectivity index (χ0n) is 16.5. The lowest BCUT2D eigenvalue weighted by atomic mass is 9.96. The van der Waals surface area contributed by atoms with E-state index in [9.17, 15) is 4.79 Å². The monoisotopic (exact) mass is 367 g/mol. The van der Waals surface area contributed by atoms with E-state index in [1.807, 2.05) is 44.2 Å². The molecule has 2 aromatic rings. The van der Waals surface area contributed by atoms with Crippen LogP contribution in [-0.4, -0.2) is 35.4 Å². The van der Waals surface area contributed by atoms with E-state index in [1.54, 1.807) is 6.20 Å². The Hall–Kier alpha value is -2.40. The third-order valence-corrected chi connectivity index (χ3v) is 5.32. The van der Waals surface area contributed by atoms with Crippen LogP contribution in [0, 0.1) is 19.8 Å². The second-order valence-electron chi connectivity index (χ2n) is 7.22. The first kappa shape index (κ1) is 19.4. The Balaban J connectivity index is 1.64. The third-order valence-electron chi connectivity index (χ3n) is 5.32. The van der Waals surface area contributed by atoms with E-state index in [0.717, 1.165) is 54.9 Å². The van der Waals surface area contributed by atoms with Gasteiger partial charge < -0.3 is 15.0 Å². The molecule has 0 radical (unpaired) electrons. The van der Waals surface area contributed by atoms with E-state index < -0.39 is 0 Å². The normalized spacial score (nSPS) is 15.5. The zero-order chi connectivity index (χ0) is 19.2. The lowest BCUT2D eigenvalue weighted by Crippen LogP contribution is -2.40. The van der Waals surface area contributed by atoms with Crippen molar-refractivity contribution in [2.75, 3.05) is 19.6 Å². The van der Waals surface area contributed by atoms with Crippen LogP contribution in [0.4, 0.5) is 0 Å². The summed E-state index contributed by atoms with van der Waals surface area (Å²) in [6.45, 7) is 9.71. The molecule has 1 aliphatic heterocycles. The van der Waals surface area contributed by atoms with Crippen molar-refractivity contribution in [1.29, 1.82) is 0 Å². The van der Waals surface area contributed by atoms with Gasteiger partial charge in [-0.1, -0.05) is 31.2 Å². The second-order valence-corrected chi connectivity index (χ2v) is 7.22. The van der Waals surface area contributed by atoms with Crippen molar-refractivity contribution in [1.82, 2.24) is 15.2 Å². The number of ether oxygens (including phenoxy) is 1. The van der Waals surface area contributed by atoms with E-state index in [4.69, 9.17) is 4.74 Å². The first-order valence-electron chi connectivity index (χ1n) is 9.76. The lowest BCUT2D eigenvalue weighted by Gasteiger charge is -2.30. The molecule has 3 rings (SSSR count). The van der Waals surface area contributed by atoms with Gasteiger partial charge in [0.1, 0.15) is 5.75 Å². The molecule has 1 aromatic carbocycles. The Morgan fingerprint density at radius 2 is 1.89 bits per heavy atom. The molecular formula is C22H29N3O2. The maximum atomic E-state index is 12.6. The number of pyridine rings is 1. The smallest absolute Gasteiger partial charge is 0.224 e. The number of carbonyl (C=O) groups is 1. The molecule has 1 saturated heterocycles. The average Bonchev–Trinajstić information content (AvgIpc) is 2.70. The van der Waals surface area contributed by atoms with Crippen LogP contribution >= 0.6 is 0 Å². The Morgan fingerprint density at radius 3 is 2.56 bits per heavy atom. The maximum Gasteiger partial charge on any atom is 0.224 e. The second kappa shape index (κ2) is 9.00. The van der Waals surface area contributed by atoms with Gasteiger partial charge in [0.05, 0.1) is 0 Å². The molecule has 1 fully saturated rings. The molecule has 1 aromatic heterocycles. The first-order chi connectivity index (χ1) is 13.1. The Kier molecular flexibility index (Phi) is 6.45. The van der Waals surface area contributed by atoms with Crippen molar-refractivity contribution in [3.63, 3.8) is 0 Å². The minimum atomic E-state index is 0.104. The largest absolute Gasteiger partial charge is 0.438 e. The van der Waals surface area contributed by atoms with Crippen molar-refractivity contribution in [3.8, 4) is 11.6 Å². The summed E-state index contributed by atoms with van der Waals surface area (Å²) >= 11 is 0. The van der Waals surface area contributed by atoms with Crippen molar-refractivity contribution in [2.45, 2.75) is 40.2 Å². The highest BCUT2D eigenvalue weighted by Crippen LogP contribution is 2.29. The molecule has 0 spiro atoms. The number of benzene rings is 1. The predicted molar refractivity (Wildman–Crippen MR) is 107 cm³/mol. The summed E-state index contributed by atoms with van der Waals surface area (Å²) in [5.41, 5.74) is 3.02. The number of amides is 1. The van der Waals surface area contributed by atoms with Gasteiger partial charge in [-0.3, -0.25) is 4.79 Å². The molecule has 144 valence electrons. The van der Waals surface area contributed by atoms with Crippen LogP contribution in [0.2, 0.25) is 0 Å². The highest BCUT2D eigenvalue weighted by atomic mass is 16.5. The van der Waals surface area contributed by atoms with E-state index >= 15 is 0 Å². The van der Waals surface area contributed by atoms with Crippen LogP contribution in [-0.2, 0) is 11.3 Å². The van der Waals surface area contributed by atoms with Gasteiger partial charge in [-0.05, 0) is 63.5 Å². The van der Waals surface area contributed by atoms with Gasteiger partial charge in [0.15, 0.2) is 0 Å². The molecule has 0 saturated carbocycles. The van der Waals surface area contributed by atoms with Crippen LogP contribution in [0.5, 0.6) is 11.6 Å². The van der Waals surface area contributed by atoms with Crippen LogP contribution in [0.25, 0.3) is 0 Å². The molecule has 0 atom stereocenters. The molecule has 27 heavy (non-hydrogen) atoms. The molecule has 0 unspecified atom stereocenters. The zero-order valence-corrected chi connectivity index (χ0v) is 16.5. The molecule has 1 N–H and O–H groups in total. The maximum absolute atomic E-state index is 12.6. The predicted octanol–water partition coefficient (Wildman–Crippen LogP) is 3.84. The molecule has 0 aliphatic carbocycles. The molecule has 0 bridgehead atoms. The lowest BCUT2D eigenvalue weighted by molar-refractivity contribution is -0.126. The SMILES string of the molecule is CCN1CCC(C(=O)NCc2cccnc2Oc2c(C)cccc2C)CC1. The fourth-order valence-electron chi connectivity index (χ4n) is 3.55. The summed E-state index contributed by atoms with van der Waals surface area (Å²) in [6.07, 6.45) is 3.58. The van der Waals surface area contributed by atoms with E-state index in [2.05, 4.69) is 22.1 Å². The van der Waals surface area contributed by atoms with Gasteiger partial charge in [-0.2, -0.15) is 0 Å². The highest BCUT2D eigenvalue weighted by molar-refractivity contribution is 5.78. The standard InChI is InChI=1S/C22H29N3O2/c1-4-25-13-10-18(11-14-25)21(26)24-15-19-9-6-12-23-22(19)27-20-16(2)7-5-8-17(20)3/h5-9,12,18H,4,10-11,13-15H2,1-3H3,(H,24,26). The Morgan fingerprint density at radius 1 is 1.19 bits per heavy atom. The number of aryl methyl sites for hydroxylation is 2. The fourth-order valence-corrected chi connectivity index (χ4v) is 3.55. The minimum Gasteiger partial charge on any atom is -0.438 e. The van der Waals surface area contributed by atoms with Gasteiger partial charge in [-0.25, -0.2) is 4.98 Å². The van der Waals surface area contributed by atoms with Crippen LogP contribution in [0.15, 0.2) is 36.5 Å². The van der Waals surface area contributed by atoms with Crippen LogP contribution in [0.1, 0.15) is 36.5 Å². The summed E-state index contributed by atoms with van der Waals surface area (Å²) in [5.74, 6) is 1.62. The molecule has 2 heterocycles. The fraction of sp³-hybridized carbons (Fsp3) is 0.455. The van der Waals surface area contributed by atoms with E-state index in [-0.39, 0.29) is 11.8 Å². The number of carbonyl (C=O) groups excluding carboxylic acids is 1. The van der Waals surface area contributed by atoms with Gasteiger partial charge in [0, 0.05) is 24.2 Å². The first-order valence-corrected chi connectivity index (χ1v) is 9.76. The summed E-state index contributed by atoms with van der Waals surface area (Å²) in [4.78, 5) is 19.3. The van der Waals surface area contributed by atoms with Crippen molar-refractivity contribution >= 4 is 5.91 Å². The number of para-hydroxylation sites is 1. The minimum absolute atomic E-state index is 0.104. The Labute approximate surface area is 161 Å². The van der Waals surface area contributed by atoms with Gasteiger partial charge in [0.2, 0.25) is 11.8 Å². The average molecular weight is 367 g/mol. The number of rotatable bonds is 6. The number of hydrogen-bond donors (Lipinski definition) is 1. The summed E-state index contributed by atoms with van der Waals surface area (Å²) < 4.78 is 6.11. The quantitative estimate of drug-likeness (QED) is 0.843. The number of hydrogen-bond acceptors (Lipinski definition) is 4. The van der Waals surface area contributed by atoms with Crippen LogP contribution in [0.3, 0.4) is 0 Å². The van der Waals surface area contributed by atoms with Gasteiger partial charge >= 0.3 is 0 Å². The van der Waals surface area contributed by atoms with Crippen molar-refractivity contribution < 1.29 is 9.53 Å². The number of likely N-dealkylation sites (tertiary alicyclic amines) is 1. The summed E-state index contributed by atoms with van der Waals surface area (Å²) in [5, 5.41) is 3.08. The number of nitrogens with zero attached hydrogens (tertiary/aromatic N) is 2. The van der Waals surface area contributed by atoms with E-state index in [0.29, 0.717) is 12.4 Å². The highest BCUT2D eigenvalue weighted by Gasteiger charge is 2.24. The van der Waals surface area contributed by atoms with Gasteiger partial charge in [-0.15, -0.1) is 0 Å². The molecular weight excluding hydrogens is 338 g/mol. The van der Waals surface area contributed by atoms with Crippen molar-refractivity contribution in [3.05, 3.63) is 53.2 Å². The third kappa shape index (κ3) is 4.86. The summed E-state index contributed by atoms with van der Waals surface area (Å²) in [6, 6.07) is 9.89. The number of nitrogens with one attached hydrogen (secondary N) is 1. The van der Waals surface area contributed by atoms with Crippen molar-refractivity contribution in [2.24, 2.45) is 5.92 Å². The van der Waals surface area contributed by atoms with Crippen LogP contribution < -0.4 is 10.1 Å². The molecule has 5 nitrogen and oxygen atoms in total. The van der Waals surface area contributed by atoms with Gasteiger partial charge in [0.25, 0.3) is 0 Å². The number of aromatic nitrogens is 1. The Bertz CT molecular complexity index is 763. The molecule has 1 amide bonds. The summed E-state index contributed by atoms with van der Waals surface area (Å²) in [7, 11) is 0. The number of piperidine rings is 1.